The van der Waals surface area contributed by atoms with Crippen molar-refractivity contribution in [3.05, 3.63) is 0 Å². The Labute approximate surface area is 118 Å². The van der Waals surface area contributed by atoms with E-state index < -0.39 is 0 Å². The molecule has 0 bridgehead atoms. The summed E-state index contributed by atoms with van der Waals surface area (Å²) >= 11 is 0. The summed E-state index contributed by atoms with van der Waals surface area (Å²) in [6.45, 7) is 5.93. The zero-order valence-corrected chi connectivity index (χ0v) is 12.8. The molecule has 0 saturated heterocycles. The lowest BCUT2D eigenvalue weighted by Gasteiger charge is -2.23. The van der Waals surface area contributed by atoms with Gasteiger partial charge < -0.3 is 11.1 Å². The first kappa shape index (κ1) is 16.5. The van der Waals surface area contributed by atoms with Crippen LogP contribution in [0.1, 0.15) is 71.6 Å². The molecule has 0 aliphatic heterocycles. The molecule has 0 aromatic carbocycles. The second-order valence-electron chi connectivity index (χ2n) is 6.85. The van der Waals surface area contributed by atoms with Gasteiger partial charge >= 0.3 is 0 Å². The number of carbonyl (C=O) groups is 1. The third kappa shape index (κ3) is 7.56. The maximum absolute atomic E-state index is 11.7. The highest BCUT2D eigenvalue weighted by molar-refractivity contribution is 5.75. The van der Waals surface area contributed by atoms with Crippen LogP contribution in [0, 0.1) is 11.3 Å². The molecule has 0 radical (unpaired) electrons. The quantitative estimate of drug-likeness (QED) is 0.631. The Balaban J connectivity index is 2.01. The van der Waals surface area contributed by atoms with Crippen LogP contribution in [-0.2, 0) is 4.79 Å². The first-order valence-electron chi connectivity index (χ1n) is 8.00. The van der Waals surface area contributed by atoms with Crippen LogP contribution in [0.4, 0.5) is 0 Å². The van der Waals surface area contributed by atoms with Crippen molar-refractivity contribution in [3.8, 4) is 0 Å². The van der Waals surface area contributed by atoms with Gasteiger partial charge in [0.05, 0.1) is 0 Å². The van der Waals surface area contributed by atoms with Crippen LogP contribution in [-0.4, -0.2) is 19.0 Å². The van der Waals surface area contributed by atoms with E-state index in [1.54, 1.807) is 0 Å². The van der Waals surface area contributed by atoms with Gasteiger partial charge in [-0.05, 0) is 43.6 Å². The second-order valence-corrected chi connectivity index (χ2v) is 6.85. The van der Waals surface area contributed by atoms with Gasteiger partial charge in [-0.1, -0.05) is 39.5 Å². The van der Waals surface area contributed by atoms with Gasteiger partial charge in [0.25, 0.3) is 0 Å². The molecule has 1 fully saturated rings. The average molecular weight is 268 g/mol. The van der Waals surface area contributed by atoms with Crippen molar-refractivity contribution >= 4 is 5.91 Å². The van der Waals surface area contributed by atoms with Crippen LogP contribution in [0.5, 0.6) is 0 Å². The van der Waals surface area contributed by atoms with Gasteiger partial charge in [-0.25, -0.2) is 0 Å². The molecule has 1 saturated carbocycles. The van der Waals surface area contributed by atoms with E-state index in [4.69, 9.17) is 5.73 Å². The standard InChI is InChI=1S/C16H32N2O/c1-16(2,11-12-17)10-9-15(19)18-13-5-8-14-6-3-4-7-14/h14H,3-13,17H2,1-2H3,(H,18,19). The fraction of sp³-hybridized carbons (Fsp3) is 0.938. The summed E-state index contributed by atoms with van der Waals surface area (Å²) in [5.41, 5.74) is 5.77. The summed E-state index contributed by atoms with van der Waals surface area (Å²) in [6.07, 6.45) is 10.6. The number of rotatable bonds is 9. The minimum Gasteiger partial charge on any atom is -0.356 e. The molecule has 3 heteroatoms. The summed E-state index contributed by atoms with van der Waals surface area (Å²) in [6, 6.07) is 0. The lowest BCUT2D eigenvalue weighted by molar-refractivity contribution is -0.121. The van der Waals surface area contributed by atoms with Gasteiger partial charge in [0, 0.05) is 13.0 Å². The van der Waals surface area contributed by atoms with Gasteiger partial charge in [0.2, 0.25) is 5.91 Å². The molecular weight excluding hydrogens is 236 g/mol. The van der Waals surface area contributed by atoms with Crippen molar-refractivity contribution in [2.75, 3.05) is 13.1 Å². The highest BCUT2D eigenvalue weighted by Gasteiger charge is 2.18. The van der Waals surface area contributed by atoms with Crippen LogP contribution < -0.4 is 11.1 Å². The van der Waals surface area contributed by atoms with E-state index in [0.717, 1.165) is 31.7 Å². The smallest absolute Gasteiger partial charge is 0.220 e. The van der Waals surface area contributed by atoms with Crippen molar-refractivity contribution in [1.82, 2.24) is 5.32 Å². The molecule has 112 valence electrons. The van der Waals surface area contributed by atoms with Gasteiger partial charge in [-0.15, -0.1) is 0 Å². The molecule has 0 spiro atoms. The second kappa shape index (κ2) is 8.57. The SMILES string of the molecule is CC(C)(CCN)CCC(=O)NCCCC1CCCC1. The summed E-state index contributed by atoms with van der Waals surface area (Å²) in [7, 11) is 0. The number of hydrogen-bond acceptors (Lipinski definition) is 2. The van der Waals surface area contributed by atoms with E-state index in [1.807, 2.05) is 0 Å². The molecule has 3 N–H and O–H groups in total. The predicted octanol–water partition coefficient (Wildman–Crippen LogP) is 3.23. The molecule has 1 aliphatic carbocycles. The zero-order chi connectivity index (χ0) is 14.1. The van der Waals surface area contributed by atoms with E-state index in [2.05, 4.69) is 19.2 Å². The Kier molecular flexibility index (Phi) is 7.44. The lowest BCUT2D eigenvalue weighted by atomic mass is 9.84. The Morgan fingerprint density at radius 1 is 1.26 bits per heavy atom. The third-order valence-corrected chi connectivity index (χ3v) is 4.44. The third-order valence-electron chi connectivity index (χ3n) is 4.44. The Morgan fingerprint density at radius 2 is 1.95 bits per heavy atom. The van der Waals surface area contributed by atoms with Gasteiger partial charge in [0.15, 0.2) is 0 Å². The number of carbonyl (C=O) groups excluding carboxylic acids is 1. The molecule has 0 aromatic heterocycles. The van der Waals surface area contributed by atoms with Crippen molar-refractivity contribution < 1.29 is 4.79 Å². The normalized spacial score (nSPS) is 16.8. The fourth-order valence-electron chi connectivity index (χ4n) is 2.97. The van der Waals surface area contributed by atoms with E-state index in [9.17, 15) is 4.79 Å². The number of nitrogens with one attached hydrogen (secondary N) is 1. The van der Waals surface area contributed by atoms with Crippen molar-refractivity contribution in [2.24, 2.45) is 17.1 Å². The molecule has 0 heterocycles. The van der Waals surface area contributed by atoms with Crippen molar-refractivity contribution in [3.63, 3.8) is 0 Å². The minimum absolute atomic E-state index is 0.190. The first-order chi connectivity index (χ1) is 9.03. The molecule has 1 rings (SSSR count). The summed E-state index contributed by atoms with van der Waals surface area (Å²) in [4.78, 5) is 11.7. The van der Waals surface area contributed by atoms with Crippen LogP contribution in [0.25, 0.3) is 0 Å². The van der Waals surface area contributed by atoms with Gasteiger partial charge in [-0.3, -0.25) is 4.79 Å². The van der Waals surface area contributed by atoms with Crippen LogP contribution >= 0.6 is 0 Å². The molecule has 1 amide bonds. The zero-order valence-electron chi connectivity index (χ0n) is 12.8. The molecule has 0 unspecified atom stereocenters. The van der Waals surface area contributed by atoms with Crippen molar-refractivity contribution in [1.29, 1.82) is 0 Å². The fourth-order valence-corrected chi connectivity index (χ4v) is 2.97. The van der Waals surface area contributed by atoms with Crippen molar-refractivity contribution in [2.45, 2.75) is 71.6 Å². The maximum Gasteiger partial charge on any atom is 0.220 e. The van der Waals surface area contributed by atoms with E-state index in [-0.39, 0.29) is 11.3 Å². The Morgan fingerprint density at radius 3 is 2.58 bits per heavy atom. The monoisotopic (exact) mass is 268 g/mol. The Bertz CT molecular complexity index is 257. The summed E-state index contributed by atoms with van der Waals surface area (Å²) < 4.78 is 0. The molecular formula is C16H32N2O. The number of nitrogens with two attached hydrogens (primary N) is 1. The molecule has 3 nitrogen and oxygen atoms in total. The topological polar surface area (TPSA) is 55.1 Å². The molecule has 19 heavy (non-hydrogen) atoms. The maximum atomic E-state index is 11.7. The number of hydrogen-bond donors (Lipinski definition) is 2. The lowest BCUT2D eigenvalue weighted by Crippen LogP contribution is -2.27. The number of amides is 1. The minimum atomic E-state index is 0.190. The van der Waals surface area contributed by atoms with Gasteiger partial charge in [-0.2, -0.15) is 0 Å². The Hall–Kier alpha value is -0.570. The van der Waals surface area contributed by atoms with Crippen LogP contribution in [0.15, 0.2) is 0 Å². The average Bonchev–Trinajstić information content (AvgIpc) is 2.85. The van der Waals surface area contributed by atoms with E-state index in [1.165, 1.54) is 32.1 Å². The molecule has 0 aromatic rings. The molecule has 0 atom stereocenters. The van der Waals surface area contributed by atoms with Gasteiger partial charge in [0.1, 0.15) is 0 Å². The van der Waals surface area contributed by atoms with E-state index >= 15 is 0 Å². The highest BCUT2D eigenvalue weighted by atomic mass is 16.1. The van der Waals surface area contributed by atoms with Crippen LogP contribution in [0.2, 0.25) is 0 Å². The highest BCUT2D eigenvalue weighted by Crippen LogP contribution is 2.28. The largest absolute Gasteiger partial charge is 0.356 e. The summed E-state index contributed by atoms with van der Waals surface area (Å²) in [5, 5.41) is 3.05. The van der Waals surface area contributed by atoms with Crippen LogP contribution in [0.3, 0.4) is 0 Å². The summed E-state index contributed by atoms with van der Waals surface area (Å²) in [5.74, 6) is 1.14. The first-order valence-corrected chi connectivity index (χ1v) is 8.00. The van der Waals surface area contributed by atoms with E-state index in [0.29, 0.717) is 13.0 Å². The predicted molar refractivity (Wildman–Crippen MR) is 80.9 cm³/mol. The molecule has 1 aliphatic rings.